The molecule has 1 aliphatic heterocycles. The lowest BCUT2D eigenvalue weighted by Gasteiger charge is -2.36. The van der Waals surface area contributed by atoms with Crippen LogP contribution < -0.4 is 0 Å². The van der Waals surface area contributed by atoms with Crippen LogP contribution in [0.15, 0.2) is 34.9 Å². The van der Waals surface area contributed by atoms with Gasteiger partial charge in [-0.25, -0.2) is 9.37 Å². The van der Waals surface area contributed by atoms with Crippen LogP contribution in [0.25, 0.3) is 11.3 Å². The molecule has 1 saturated heterocycles. The van der Waals surface area contributed by atoms with Crippen molar-refractivity contribution in [2.45, 2.75) is 32.4 Å². The van der Waals surface area contributed by atoms with E-state index in [2.05, 4.69) is 16.8 Å². The molecule has 1 aromatic heterocycles. The van der Waals surface area contributed by atoms with Crippen molar-refractivity contribution in [2.24, 2.45) is 5.92 Å². The Morgan fingerprint density at radius 3 is 3.05 bits per heavy atom. The molecule has 1 N–H and O–H groups in total. The summed E-state index contributed by atoms with van der Waals surface area (Å²) in [7, 11) is 0. The molecule has 2 atom stereocenters. The molecule has 0 saturated carbocycles. The first-order valence-electron chi connectivity index (χ1n) is 7.71. The van der Waals surface area contributed by atoms with Crippen molar-refractivity contribution in [3.63, 3.8) is 0 Å². The first-order chi connectivity index (χ1) is 10.7. The van der Waals surface area contributed by atoms with Gasteiger partial charge in [0.2, 0.25) is 5.89 Å². The average Bonchev–Trinajstić information content (AvgIpc) is 2.98. The third-order valence-electron chi connectivity index (χ3n) is 4.38. The second-order valence-electron chi connectivity index (χ2n) is 6.02. The maximum absolute atomic E-state index is 13.3. The molecule has 3 rings (SSSR count). The van der Waals surface area contributed by atoms with Crippen LogP contribution in [-0.2, 0) is 6.54 Å². The van der Waals surface area contributed by atoms with E-state index in [9.17, 15) is 9.50 Å². The first kappa shape index (κ1) is 15.2. The second kappa shape index (κ2) is 6.58. The van der Waals surface area contributed by atoms with Crippen molar-refractivity contribution < 1.29 is 13.9 Å². The molecule has 22 heavy (non-hydrogen) atoms. The molecular formula is C17H21FN2O2. The first-order valence-corrected chi connectivity index (χ1v) is 7.71. The summed E-state index contributed by atoms with van der Waals surface area (Å²) in [6.07, 6.45) is 3.64. The zero-order valence-corrected chi connectivity index (χ0v) is 12.7. The van der Waals surface area contributed by atoms with Crippen molar-refractivity contribution in [3.05, 3.63) is 42.2 Å². The lowest BCUT2D eigenvalue weighted by Crippen LogP contribution is -2.41. The van der Waals surface area contributed by atoms with E-state index in [0.29, 0.717) is 35.7 Å². The van der Waals surface area contributed by atoms with Gasteiger partial charge in [-0.15, -0.1) is 0 Å². The van der Waals surface area contributed by atoms with E-state index in [-0.39, 0.29) is 12.4 Å². The van der Waals surface area contributed by atoms with Crippen LogP contribution in [0, 0.1) is 11.7 Å². The Hall–Kier alpha value is -1.72. The van der Waals surface area contributed by atoms with Crippen molar-refractivity contribution in [3.8, 4) is 11.3 Å². The molecule has 1 fully saturated rings. The molecule has 0 amide bonds. The predicted octanol–water partition coefficient (Wildman–Crippen LogP) is 3.07. The fraction of sp³-hybridized carbons (Fsp3) is 0.471. The number of piperidine rings is 1. The molecule has 1 aliphatic rings. The summed E-state index contributed by atoms with van der Waals surface area (Å²) < 4.78 is 19.0. The van der Waals surface area contributed by atoms with E-state index in [1.54, 1.807) is 12.3 Å². The molecular weight excluding hydrogens is 283 g/mol. The molecule has 0 bridgehead atoms. The number of aliphatic hydroxyl groups excluding tert-OH is 1. The highest BCUT2D eigenvalue weighted by Gasteiger charge is 2.26. The minimum atomic E-state index is -0.282. The Kier molecular flexibility index (Phi) is 4.55. The molecule has 2 aromatic rings. The van der Waals surface area contributed by atoms with Gasteiger partial charge in [0.05, 0.1) is 12.7 Å². The predicted molar refractivity (Wildman–Crippen MR) is 81.6 cm³/mol. The summed E-state index contributed by atoms with van der Waals surface area (Å²) in [6, 6.07) is 6.72. The molecule has 0 spiro atoms. The highest BCUT2D eigenvalue weighted by Crippen LogP contribution is 2.26. The van der Waals surface area contributed by atoms with Gasteiger partial charge in [-0.3, -0.25) is 4.90 Å². The molecule has 5 heteroatoms. The van der Waals surface area contributed by atoms with Crippen molar-refractivity contribution in [1.82, 2.24) is 9.88 Å². The summed E-state index contributed by atoms with van der Waals surface area (Å²) >= 11 is 0. The molecule has 0 radical (unpaired) electrons. The van der Waals surface area contributed by atoms with Crippen molar-refractivity contribution in [1.29, 1.82) is 0 Å². The lowest BCUT2D eigenvalue weighted by molar-refractivity contribution is 0.0776. The zero-order chi connectivity index (χ0) is 15.5. The van der Waals surface area contributed by atoms with E-state index in [1.165, 1.54) is 12.1 Å². The Labute approximate surface area is 129 Å². The van der Waals surface area contributed by atoms with Crippen LogP contribution in [0.3, 0.4) is 0 Å². The van der Waals surface area contributed by atoms with E-state index >= 15 is 0 Å². The molecule has 0 unspecified atom stereocenters. The van der Waals surface area contributed by atoms with E-state index < -0.39 is 0 Å². The van der Waals surface area contributed by atoms with Crippen LogP contribution in [0.5, 0.6) is 0 Å². The molecule has 4 nitrogen and oxygen atoms in total. The van der Waals surface area contributed by atoms with Crippen molar-refractivity contribution in [2.75, 3.05) is 13.2 Å². The van der Waals surface area contributed by atoms with Gasteiger partial charge in [0, 0.05) is 18.2 Å². The zero-order valence-electron chi connectivity index (χ0n) is 12.7. The summed E-state index contributed by atoms with van der Waals surface area (Å²) in [6.45, 7) is 4.01. The van der Waals surface area contributed by atoms with E-state index in [4.69, 9.17) is 4.42 Å². The second-order valence-corrected chi connectivity index (χ2v) is 6.02. The van der Waals surface area contributed by atoms with Crippen LogP contribution in [0.2, 0.25) is 0 Å². The SMILES string of the molecule is C[C@H]1C[C@@H](CO)CCN1Cc1ncc(-c2cccc(F)c2)o1. The average molecular weight is 304 g/mol. The quantitative estimate of drug-likeness (QED) is 0.943. The maximum Gasteiger partial charge on any atom is 0.209 e. The fourth-order valence-corrected chi connectivity index (χ4v) is 3.05. The van der Waals surface area contributed by atoms with Crippen LogP contribution in [0.4, 0.5) is 4.39 Å². The number of likely N-dealkylation sites (tertiary alicyclic amines) is 1. The Morgan fingerprint density at radius 2 is 2.32 bits per heavy atom. The highest BCUT2D eigenvalue weighted by molar-refractivity contribution is 5.56. The summed E-state index contributed by atoms with van der Waals surface area (Å²) in [5, 5.41) is 9.26. The van der Waals surface area contributed by atoms with E-state index in [0.717, 1.165) is 19.4 Å². The van der Waals surface area contributed by atoms with Gasteiger partial charge in [0.25, 0.3) is 0 Å². The van der Waals surface area contributed by atoms with Gasteiger partial charge in [-0.1, -0.05) is 12.1 Å². The standard InChI is InChI=1S/C17H21FN2O2/c1-12-7-13(11-21)5-6-20(12)10-17-19-9-16(22-17)14-3-2-4-15(18)8-14/h2-4,8-9,12-13,21H,5-7,10-11H2,1H3/t12-,13-/m0/s1. The lowest BCUT2D eigenvalue weighted by atomic mass is 9.92. The third-order valence-corrected chi connectivity index (χ3v) is 4.38. The van der Waals surface area contributed by atoms with Gasteiger partial charge in [-0.05, 0) is 44.4 Å². The van der Waals surface area contributed by atoms with Crippen LogP contribution in [-0.4, -0.2) is 34.2 Å². The summed E-state index contributed by atoms with van der Waals surface area (Å²) in [5.74, 6) is 1.36. The largest absolute Gasteiger partial charge is 0.439 e. The summed E-state index contributed by atoms with van der Waals surface area (Å²) in [4.78, 5) is 6.62. The highest BCUT2D eigenvalue weighted by atomic mass is 19.1. The molecule has 2 heterocycles. The van der Waals surface area contributed by atoms with Gasteiger partial charge in [0.15, 0.2) is 5.76 Å². The molecule has 0 aliphatic carbocycles. The van der Waals surface area contributed by atoms with Gasteiger partial charge in [0.1, 0.15) is 5.82 Å². The molecule has 118 valence electrons. The monoisotopic (exact) mass is 304 g/mol. The number of benzene rings is 1. The van der Waals surface area contributed by atoms with Crippen LogP contribution >= 0.6 is 0 Å². The topological polar surface area (TPSA) is 49.5 Å². The number of hydrogen-bond acceptors (Lipinski definition) is 4. The summed E-state index contributed by atoms with van der Waals surface area (Å²) in [5.41, 5.74) is 0.700. The van der Waals surface area contributed by atoms with Gasteiger partial charge in [-0.2, -0.15) is 0 Å². The number of oxazole rings is 1. The number of hydrogen-bond donors (Lipinski definition) is 1. The number of aliphatic hydroxyl groups is 1. The minimum Gasteiger partial charge on any atom is -0.439 e. The number of aromatic nitrogens is 1. The minimum absolute atomic E-state index is 0.265. The Balaban J connectivity index is 1.67. The Bertz CT molecular complexity index is 629. The third kappa shape index (κ3) is 3.36. The normalized spacial score (nSPS) is 22.9. The number of nitrogens with zero attached hydrogens (tertiary/aromatic N) is 2. The number of halogens is 1. The Morgan fingerprint density at radius 1 is 1.45 bits per heavy atom. The number of rotatable bonds is 4. The molecule has 1 aromatic carbocycles. The van der Waals surface area contributed by atoms with E-state index in [1.807, 2.05) is 6.07 Å². The fourth-order valence-electron chi connectivity index (χ4n) is 3.05. The van der Waals surface area contributed by atoms with Crippen molar-refractivity contribution >= 4 is 0 Å². The van der Waals surface area contributed by atoms with Crippen LogP contribution in [0.1, 0.15) is 25.7 Å². The van der Waals surface area contributed by atoms with Gasteiger partial charge < -0.3 is 9.52 Å². The smallest absolute Gasteiger partial charge is 0.209 e. The maximum atomic E-state index is 13.3. The van der Waals surface area contributed by atoms with Gasteiger partial charge >= 0.3 is 0 Å².